The number of nitrogens with zero attached hydrogens (tertiary/aromatic N) is 2. The molecule has 0 unspecified atom stereocenters. The Labute approximate surface area is 200 Å². The number of carbonyl (C=O) groups excluding carboxylic acids is 1. The first-order chi connectivity index (χ1) is 16.3. The highest BCUT2D eigenvalue weighted by Crippen LogP contribution is 2.36. The van der Waals surface area contributed by atoms with Gasteiger partial charge in [0.15, 0.2) is 11.5 Å². The lowest BCUT2D eigenvalue weighted by Gasteiger charge is -2.15. The quantitative estimate of drug-likeness (QED) is 0.423. The zero-order valence-electron chi connectivity index (χ0n) is 17.1. The molecule has 1 aliphatic rings. The molecule has 7 nitrogen and oxygen atoms in total. The van der Waals surface area contributed by atoms with Crippen LogP contribution >= 0.6 is 23.2 Å². The van der Waals surface area contributed by atoms with Crippen LogP contribution in [0.1, 0.15) is 15.9 Å². The summed E-state index contributed by atoms with van der Waals surface area (Å²) < 4.78 is 40.9. The molecule has 1 N–H and O–H groups in total. The molecule has 2 aromatic carbocycles. The van der Waals surface area contributed by atoms with Crippen molar-refractivity contribution in [2.45, 2.75) is 6.54 Å². The van der Waals surface area contributed by atoms with Gasteiger partial charge in [-0.15, -0.1) is 0 Å². The zero-order valence-corrected chi connectivity index (χ0v) is 18.6. The molecule has 0 spiro atoms. The number of hydrogen-bond acceptors (Lipinski definition) is 5. The maximum atomic E-state index is 14.4. The lowest BCUT2D eigenvalue weighted by atomic mass is 10.1. The molecule has 0 saturated carbocycles. The smallest absolute Gasteiger partial charge is 0.261 e. The summed E-state index contributed by atoms with van der Waals surface area (Å²) in [5.74, 6) is -1.68. The summed E-state index contributed by atoms with van der Waals surface area (Å²) in [6, 6.07) is 6.45. The Morgan fingerprint density at radius 3 is 2.41 bits per heavy atom. The lowest BCUT2D eigenvalue weighted by Crippen LogP contribution is -2.24. The van der Waals surface area contributed by atoms with Crippen molar-refractivity contribution >= 4 is 45.7 Å². The summed E-state index contributed by atoms with van der Waals surface area (Å²) in [5, 5.41) is 2.74. The molecular weight excluding hydrogens is 491 g/mol. The van der Waals surface area contributed by atoms with Crippen molar-refractivity contribution in [3.63, 3.8) is 0 Å². The fourth-order valence-corrected chi connectivity index (χ4v) is 4.10. The van der Waals surface area contributed by atoms with Crippen LogP contribution in [0, 0.1) is 11.6 Å². The Balaban J connectivity index is 1.68. The second-order valence-corrected chi connectivity index (χ2v) is 8.17. The van der Waals surface area contributed by atoms with Gasteiger partial charge < -0.3 is 19.4 Å². The molecule has 2 aromatic heterocycles. The Kier molecular flexibility index (Phi) is 5.59. The van der Waals surface area contributed by atoms with Gasteiger partial charge in [-0.3, -0.25) is 14.6 Å². The number of nitrogens with one attached hydrogen (secondary N) is 1. The molecule has 0 radical (unpaired) electrons. The molecule has 11 heteroatoms. The van der Waals surface area contributed by atoms with Crippen LogP contribution in [0.25, 0.3) is 10.9 Å². The van der Waals surface area contributed by atoms with E-state index in [2.05, 4.69) is 10.3 Å². The number of carbonyl (C=O) groups is 1. The summed E-state index contributed by atoms with van der Waals surface area (Å²) >= 11 is 12.1. The molecule has 0 atom stereocenters. The number of amides is 1. The van der Waals surface area contributed by atoms with Crippen molar-refractivity contribution in [2.75, 3.05) is 12.1 Å². The van der Waals surface area contributed by atoms with Gasteiger partial charge in [-0.2, -0.15) is 0 Å². The van der Waals surface area contributed by atoms with Crippen molar-refractivity contribution in [3.8, 4) is 11.5 Å². The van der Waals surface area contributed by atoms with E-state index in [1.807, 2.05) is 0 Å². The minimum Gasteiger partial charge on any atom is -0.454 e. The van der Waals surface area contributed by atoms with Crippen molar-refractivity contribution in [3.05, 3.63) is 92.0 Å². The second kappa shape index (κ2) is 8.58. The van der Waals surface area contributed by atoms with Crippen LogP contribution in [0.15, 0.2) is 53.7 Å². The van der Waals surface area contributed by atoms with Crippen LogP contribution in [0.2, 0.25) is 10.0 Å². The Morgan fingerprint density at radius 1 is 1.09 bits per heavy atom. The number of ether oxygens (including phenoxy) is 2. The summed E-state index contributed by atoms with van der Waals surface area (Å²) in [4.78, 5) is 30.2. The van der Waals surface area contributed by atoms with Gasteiger partial charge in [-0.05, 0) is 18.2 Å². The third kappa shape index (κ3) is 3.82. The van der Waals surface area contributed by atoms with Crippen molar-refractivity contribution in [1.82, 2.24) is 9.55 Å². The van der Waals surface area contributed by atoms with Gasteiger partial charge in [0.1, 0.15) is 17.2 Å². The van der Waals surface area contributed by atoms with Crippen LogP contribution in [-0.2, 0) is 6.54 Å². The molecule has 0 bridgehead atoms. The summed E-state index contributed by atoms with van der Waals surface area (Å²) in [5.41, 5.74) is -0.797. The molecule has 0 saturated heterocycles. The van der Waals surface area contributed by atoms with E-state index < -0.39 is 23.0 Å². The lowest BCUT2D eigenvalue weighted by molar-refractivity contribution is 0.102. The van der Waals surface area contributed by atoms with Crippen LogP contribution in [0.4, 0.5) is 14.5 Å². The monoisotopic (exact) mass is 503 g/mol. The first-order valence-corrected chi connectivity index (χ1v) is 10.6. The number of benzene rings is 2. The molecule has 3 heterocycles. The fourth-order valence-electron chi connectivity index (χ4n) is 3.64. The standard InChI is InChI=1S/C23H13Cl2F2N3O4/c24-14-6-28-7-15(25)21(14)29-23(32)13-9-30(8-12-16(26)2-1-3-17(12)27)18-5-20-19(33-10-34-20)4-11(18)22(13)31/h1-7,9H,8,10H2,(H,28,29,32). The van der Waals surface area contributed by atoms with E-state index in [4.69, 9.17) is 32.7 Å². The van der Waals surface area contributed by atoms with E-state index in [0.29, 0.717) is 17.0 Å². The first kappa shape index (κ1) is 22.1. The Morgan fingerprint density at radius 2 is 1.74 bits per heavy atom. The highest BCUT2D eigenvalue weighted by Gasteiger charge is 2.23. The van der Waals surface area contributed by atoms with Gasteiger partial charge in [0, 0.05) is 30.2 Å². The van der Waals surface area contributed by atoms with Gasteiger partial charge in [0.25, 0.3) is 5.91 Å². The molecule has 0 aliphatic carbocycles. The van der Waals surface area contributed by atoms with Crippen LogP contribution in [-0.4, -0.2) is 22.3 Å². The molecular formula is C23H13Cl2F2N3O4. The van der Waals surface area contributed by atoms with Crippen LogP contribution in [0.3, 0.4) is 0 Å². The van der Waals surface area contributed by atoms with E-state index in [1.165, 1.54) is 41.4 Å². The van der Waals surface area contributed by atoms with Gasteiger partial charge in [0.2, 0.25) is 12.2 Å². The largest absolute Gasteiger partial charge is 0.454 e. The third-order valence-electron chi connectivity index (χ3n) is 5.30. The molecule has 5 rings (SSSR count). The number of halogens is 4. The van der Waals surface area contributed by atoms with Gasteiger partial charge in [0.05, 0.1) is 33.2 Å². The van der Waals surface area contributed by atoms with E-state index in [9.17, 15) is 18.4 Å². The molecule has 34 heavy (non-hydrogen) atoms. The molecule has 1 aliphatic heterocycles. The summed E-state index contributed by atoms with van der Waals surface area (Å²) in [7, 11) is 0. The SMILES string of the molecule is O=C(Nc1c(Cl)cncc1Cl)c1cn(Cc2c(F)cccc2F)c2cc3c(cc2c1=O)OCO3. The van der Waals surface area contributed by atoms with Crippen LogP contribution < -0.4 is 20.2 Å². The van der Waals surface area contributed by atoms with Gasteiger partial charge >= 0.3 is 0 Å². The molecule has 0 fully saturated rings. The number of fused-ring (bicyclic) bond motifs is 2. The molecule has 1 amide bonds. The van der Waals surface area contributed by atoms with E-state index in [0.717, 1.165) is 12.1 Å². The fraction of sp³-hybridized carbons (Fsp3) is 0.0870. The number of rotatable bonds is 4. The Hall–Kier alpha value is -3.69. The average Bonchev–Trinajstić information content (AvgIpc) is 3.27. The summed E-state index contributed by atoms with van der Waals surface area (Å²) in [6.07, 6.45) is 3.78. The average molecular weight is 504 g/mol. The normalized spacial score (nSPS) is 12.2. The van der Waals surface area contributed by atoms with E-state index in [-0.39, 0.29) is 45.6 Å². The van der Waals surface area contributed by atoms with Crippen molar-refractivity contribution in [2.24, 2.45) is 0 Å². The van der Waals surface area contributed by atoms with Crippen molar-refractivity contribution in [1.29, 1.82) is 0 Å². The van der Waals surface area contributed by atoms with Crippen LogP contribution in [0.5, 0.6) is 11.5 Å². The van der Waals surface area contributed by atoms with E-state index in [1.54, 1.807) is 0 Å². The third-order valence-corrected chi connectivity index (χ3v) is 5.87. The molecule has 4 aromatic rings. The minimum atomic E-state index is -0.817. The number of anilines is 1. The maximum Gasteiger partial charge on any atom is 0.261 e. The number of aromatic nitrogens is 2. The topological polar surface area (TPSA) is 82.5 Å². The number of pyridine rings is 2. The highest BCUT2D eigenvalue weighted by molar-refractivity contribution is 6.39. The Bertz CT molecular complexity index is 1500. The van der Waals surface area contributed by atoms with Gasteiger partial charge in [-0.1, -0.05) is 29.3 Å². The number of hydrogen-bond donors (Lipinski definition) is 1. The maximum absolute atomic E-state index is 14.4. The van der Waals surface area contributed by atoms with Crippen molar-refractivity contribution < 1.29 is 23.0 Å². The minimum absolute atomic E-state index is 0.0474. The molecule has 172 valence electrons. The first-order valence-electron chi connectivity index (χ1n) is 9.83. The zero-order chi connectivity index (χ0) is 24.0. The van der Waals surface area contributed by atoms with Gasteiger partial charge in [-0.25, -0.2) is 8.78 Å². The second-order valence-electron chi connectivity index (χ2n) is 7.35. The predicted octanol–water partition coefficient (Wildman–Crippen LogP) is 5.01. The summed E-state index contributed by atoms with van der Waals surface area (Å²) in [6.45, 7) is -0.347. The van der Waals surface area contributed by atoms with E-state index >= 15 is 0 Å². The predicted molar refractivity (Wildman–Crippen MR) is 122 cm³/mol. The highest BCUT2D eigenvalue weighted by atomic mass is 35.5.